The molecule has 0 aliphatic heterocycles. The smallest absolute Gasteiger partial charge is 0.270 e. The standard InChI is InChI=1S/C16H16N2O4/c1-17(11-12-6-8-15(22-2)9-7-12)16(19)13-4-3-5-14(10-13)18(20)21/h3-10H,11H2,1-2H3. The maximum absolute atomic E-state index is 12.3. The number of hydrogen-bond donors (Lipinski definition) is 0. The fourth-order valence-electron chi connectivity index (χ4n) is 2.05. The number of non-ortho nitro benzene ring substituents is 1. The van der Waals surface area contributed by atoms with Crippen LogP contribution >= 0.6 is 0 Å². The van der Waals surface area contributed by atoms with Gasteiger partial charge in [-0.15, -0.1) is 0 Å². The Morgan fingerprint density at radius 3 is 2.50 bits per heavy atom. The number of hydrogen-bond acceptors (Lipinski definition) is 4. The van der Waals surface area contributed by atoms with Crippen LogP contribution in [-0.2, 0) is 6.54 Å². The van der Waals surface area contributed by atoms with Crippen molar-refractivity contribution >= 4 is 11.6 Å². The van der Waals surface area contributed by atoms with E-state index in [0.29, 0.717) is 12.1 Å². The molecule has 0 fully saturated rings. The first-order chi connectivity index (χ1) is 10.5. The summed E-state index contributed by atoms with van der Waals surface area (Å²) in [5, 5.41) is 10.8. The molecular weight excluding hydrogens is 284 g/mol. The van der Waals surface area contributed by atoms with E-state index in [4.69, 9.17) is 4.74 Å². The van der Waals surface area contributed by atoms with Gasteiger partial charge in [-0.2, -0.15) is 0 Å². The van der Waals surface area contributed by atoms with Crippen LogP contribution in [0.25, 0.3) is 0 Å². The second-order valence-electron chi connectivity index (χ2n) is 4.82. The molecule has 2 aromatic carbocycles. The molecule has 0 saturated heterocycles. The molecule has 0 aromatic heterocycles. The van der Waals surface area contributed by atoms with Crippen LogP contribution in [0.4, 0.5) is 5.69 Å². The molecule has 2 aromatic rings. The highest BCUT2D eigenvalue weighted by Crippen LogP contribution is 2.16. The Balaban J connectivity index is 2.11. The minimum Gasteiger partial charge on any atom is -0.497 e. The van der Waals surface area contributed by atoms with Gasteiger partial charge in [-0.3, -0.25) is 14.9 Å². The second-order valence-corrected chi connectivity index (χ2v) is 4.82. The molecule has 0 heterocycles. The number of nitrogens with zero attached hydrogens (tertiary/aromatic N) is 2. The van der Waals surface area contributed by atoms with Crippen molar-refractivity contribution in [2.75, 3.05) is 14.2 Å². The quantitative estimate of drug-likeness (QED) is 0.628. The van der Waals surface area contributed by atoms with E-state index in [2.05, 4.69) is 0 Å². The van der Waals surface area contributed by atoms with Gasteiger partial charge in [0.25, 0.3) is 11.6 Å². The van der Waals surface area contributed by atoms with E-state index in [9.17, 15) is 14.9 Å². The molecule has 6 heteroatoms. The van der Waals surface area contributed by atoms with Crippen LogP contribution in [-0.4, -0.2) is 29.9 Å². The average Bonchev–Trinajstić information content (AvgIpc) is 2.54. The summed E-state index contributed by atoms with van der Waals surface area (Å²) in [6, 6.07) is 13.1. The molecule has 0 N–H and O–H groups in total. The van der Waals surface area contributed by atoms with Gasteiger partial charge in [-0.05, 0) is 23.8 Å². The summed E-state index contributed by atoms with van der Waals surface area (Å²) in [5.74, 6) is 0.482. The predicted molar refractivity (Wildman–Crippen MR) is 81.9 cm³/mol. The van der Waals surface area contributed by atoms with Gasteiger partial charge >= 0.3 is 0 Å². The maximum atomic E-state index is 12.3. The van der Waals surface area contributed by atoms with Crippen LogP contribution in [0, 0.1) is 10.1 Å². The summed E-state index contributed by atoms with van der Waals surface area (Å²) in [4.78, 5) is 24.1. The number of ether oxygens (including phenoxy) is 1. The van der Waals surface area contributed by atoms with Crippen molar-refractivity contribution in [3.8, 4) is 5.75 Å². The molecule has 0 saturated carbocycles. The third-order valence-electron chi connectivity index (χ3n) is 3.23. The number of carbonyl (C=O) groups is 1. The Hall–Kier alpha value is -2.89. The zero-order valence-electron chi connectivity index (χ0n) is 12.4. The monoisotopic (exact) mass is 300 g/mol. The SMILES string of the molecule is COc1ccc(CN(C)C(=O)c2cccc([N+](=O)[O-])c2)cc1. The highest BCUT2D eigenvalue weighted by atomic mass is 16.6. The van der Waals surface area contributed by atoms with E-state index < -0.39 is 4.92 Å². The Morgan fingerprint density at radius 1 is 1.23 bits per heavy atom. The first-order valence-electron chi connectivity index (χ1n) is 6.64. The molecule has 6 nitrogen and oxygen atoms in total. The zero-order chi connectivity index (χ0) is 16.1. The lowest BCUT2D eigenvalue weighted by Gasteiger charge is -2.17. The van der Waals surface area contributed by atoms with Gasteiger partial charge < -0.3 is 9.64 Å². The van der Waals surface area contributed by atoms with Gasteiger partial charge in [0, 0.05) is 31.3 Å². The number of rotatable bonds is 5. The summed E-state index contributed by atoms with van der Waals surface area (Å²) in [6.07, 6.45) is 0. The largest absolute Gasteiger partial charge is 0.497 e. The lowest BCUT2D eigenvalue weighted by Crippen LogP contribution is -2.26. The molecule has 2 rings (SSSR count). The van der Waals surface area contributed by atoms with Gasteiger partial charge in [-0.1, -0.05) is 18.2 Å². The molecule has 0 spiro atoms. The zero-order valence-corrected chi connectivity index (χ0v) is 12.4. The van der Waals surface area contributed by atoms with Crippen molar-refractivity contribution in [3.05, 3.63) is 69.8 Å². The third kappa shape index (κ3) is 3.60. The Labute approximate surface area is 128 Å². The van der Waals surface area contributed by atoms with Crippen molar-refractivity contribution in [2.45, 2.75) is 6.54 Å². The number of carbonyl (C=O) groups excluding carboxylic acids is 1. The van der Waals surface area contributed by atoms with E-state index in [-0.39, 0.29) is 11.6 Å². The molecular formula is C16H16N2O4. The summed E-state index contributed by atoms with van der Waals surface area (Å²) in [7, 11) is 3.25. The molecule has 114 valence electrons. The van der Waals surface area contributed by atoms with Gasteiger partial charge in [0.2, 0.25) is 0 Å². The minimum atomic E-state index is -0.514. The molecule has 22 heavy (non-hydrogen) atoms. The van der Waals surface area contributed by atoms with Gasteiger partial charge in [-0.25, -0.2) is 0 Å². The summed E-state index contributed by atoms with van der Waals surface area (Å²) >= 11 is 0. The van der Waals surface area contributed by atoms with E-state index in [1.54, 1.807) is 20.2 Å². The fourth-order valence-corrected chi connectivity index (χ4v) is 2.05. The molecule has 0 aliphatic carbocycles. The van der Waals surface area contributed by atoms with Crippen LogP contribution in [0.1, 0.15) is 15.9 Å². The van der Waals surface area contributed by atoms with Crippen molar-refractivity contribution in [1.82, 2.24) is 4.90 Å². The third-order valence-corrected chi connectivity index (χ3v) is 3.23. The van der Waals surface area contributed by atoms with Crippen LogP contribution < -0.4 is 4.74 Å². The van der Waals surface area contributed by atoms with E-state index >= 15 is 0 Å². The summed E-state index contributed by atoms with van der Waals surface area (Å²) in [5.41, 5.74) is 1.15. The van der Waals surface area contributed by atoms with Crippen molar-refractivity contribution in [2.24, 2.45) is 0 Å². The first kappa shape index (κ1) is 15.5. The number of methoxy groups -OCH3 is 1. The Kier molecular flexibility index (Phi) is 4.73. The fraction of sp³-hybridized carbons (Fsp3) is 0.188. The normalized spacial score (nSPS) is 10.1. The number of amides is 1. The predicted octanol–water partition coefficient (Wildman–Crippen LogP) is 2.88. The molecule has 0 radical (unpaired) electrons. The van der Waals surface area contributed by atoms with Crippen LogP contribution in [0.5, 0.6) is 5.75 Å². The number of nitro groups is 1. The first-order valence-corrected chi connectivity index (χ1v) is 6.64. The number of benzene rings is 2. The molecule has 0 bridgehead atoms. The topological polar surface area (TPSA) is 72.7 Å². The minimum absolute atomic E-state index is 0.0938. The van der Waals surface area contributed by atoms with Crippen LogP contribution in [0.3, 0.4) is 0 Å². The van der Waals surface area contributed by atoms with Crippen molar-refractivity contribution < 1.29 is 14.5 Å². The second kappa shape index (κ2) is 6.71. The van der Waals surface area contributed by atoms with E-state index in [1.165, 1.54) is 23.1 Å². The van der Waals surface area contributed by atoms with Crippen LogP contribution in [0.15, 0.2) is 48.5 Å². The summed E-state index contributed by atoms with van der Waals surface area (Å²) < 4.78 is 5.08. The van der Waals surface area contributed by atoms with Crippen molar-refractivity contribution in [3.63, 3.8) is 0 Å². The Morgan fingerprint density at radius 2 is 1.91 bits per heavy atom. The van der Waals surface area contributed by atoms with Gasteiger partial charge in [0.05, 0.1) is 12.0 Å². The summed E-state index contributed by atoms with van der Waals surface area (Å²) in [6.45, 7) is 0.408. The maximum Gasteiger partial charge on any atom is 0.270 e. The number of nitro benzene ring substituents is 1. The molecule has 0 atom stereocenters. The van der Waals surface area contributed by atoms with Crippen molar-refractivity contribution in [1.29, 1.82) is 0 Å². The molecule has 0 aliphatic rings. The van der Waals surface area contributed by atoms with E-state index in [0.717, 1.165) is 11.3 Å². The lowest BCUT2D eigenvalue weighted by atomic mass is 10.1. The van der Waals surface area contributed by atoms with Gasteiger partial charge in [0.1, 0.15) is 5.75 Å². The van der Waals surface area contributed by atoms with Crippen LogP contribution in [0.2, 0.25) is 0 Å². The molecule has 0 unspecified atom stereocenters. The lowest BCUT2D eigenvalue weighted by molar-refractivity contribution is -0.384. The Bertz CT molecular complexity index is 683. The average molecular weight is 300 g/mol. The van der Waals surface area contributed by atoms with E-state index in [1.807, 2.05) is 24.3 Å². The molecule has 1 amide bonds. The highest BCUT2D eigenvalue weighted by molar-refractivity contribution is 5.94. The van der Waals surface area contributed by atoms with Gasteiger partial charge in [0.15, 0.2) is 0 Å². The highest BCUT2D eigenvalue weighted by Gasteiger charge is 2.15.